The van der Waals surface area contributed by atoms with Crippen molar-refractivity contribution >= 4 is 5.69 Å². The quantitative estimate of drug-likeness (QED) is 0.689. The molecule has 1 heteroatoms. The van der Waals surface area contributed by atoms with Crippen molar-refractivity contribution in [1.29, 1.82) is 0 Å². The van der Waals surface area contributed by atoms with E-state index in [0.717, 1.165) is 0 Å². The fraction of sp³-hybridized carbons (Fsp3) is 0.333. The lowest BCUT2D eigenvalue weighted by Crippen LogP contribution is -2.29. The van der Waals surface area contributed by atoms with Gasteiger partial charge in [-0.2, -0.15) is 0 Å². The number of nitrogens with one attached hydrogen (secondary N) is 1. The molecule has 0 fully saturated rings. The molecule has 0 aromatic heterocycles. The number of benzene rings is 2. The number of fused-ring (bicyclic) bond motifs is 3. The van der Waals surface area contributed by atoms with Crippen molar-refractivity contribution in [2.24, 2.45) is 5.92 Å². The van der Waals surface area contributed by atoms with Crippen molar-refractivity contribution in [3.63, 3.8) is 0 Å². The highest BCUT2D eigenvalue weighted by atomic mass is 15.0. The predicted octanol–water partition coefficient (Wildman–Crippen LogP) is 5.44. The van der Waals surface area contributed by atoms with E-state index in [1.54, 1.807) is 0 Å². The number of allylic oxidation sites excluding steroid dienone is 2. The summed E-state index contributed by atoms with van der Waals surface area (Å²) in [6.45, 7) is 6.58. The Kier molecular flexibility index (Phi) is 3.11. The summed E-state index contributed by atoms with van der Waals surface area (Å²) in [6, 6.07) is 14.1. The lowest BCUT2D eigenvalue weighted by atomic mass is 9.76. The fourth-order valence-corrected chi connectivity index (χ4v) is 4.18. The standard InChI is InChI=1S/C21H23N/c1-13-7-9-16(10-8-13)21-18-6-4-5-17(18)19-12-14(2)11-15(3)20(19)22-21/h4-5,7-12,17-18,21-22H,6H2,1-3H3. The van der Waals surface area contributed by atoms with E-state index in [4.69, 9.17) is 0 Å². The van der Waals surface area contributed by atoms with Crippen LogP contribution in [0.25, 0.3) is 0 Å². The maximum Gasteiger partial charge on any atom is 0.0554 e. The second kappa shape index (κ2) is 5.01. The first-order valence-corrected chi connectivity index (χ1v) is 8.24. The van der Waals surface area contributed by atoms with E-state index in [0.29, 0.717) is 17.9 Å². The molecule has 0 spiro atoms. The summed E-state index contributed by atoms with van der Waals surface area (Å²) in [5.74, 6) is 1.19. The highest BCUT2D eigenvalue weighted by molar-refractivity contribution is 5.65. The minimum atomic E-state index is 0.412. The van der Waals surface area contributed by atoms with E-state index >= 15 is 0 Å². The van der Waals surface area contributed by atoms with Crippen LogP contribution in [0.2, 0.25) is 0 Å². The highest BCUT2D eigenvalue weighted by Crippen LogP contribution is 2.50. The zero-order chi connectivity index (χ0) is 15.3. The summed E-state index contributed by atoms with van der Waals surface area (Å²) in [5.41, 5.74) is 8.31. The molecule has 0 saturated carbocycles. The largest absolute Gasteiger partial charge is 0.377 e. The number of rotatable bonds is 1. The first-order chi connectivity index (χ1) is 10.6. The second-order valence-corrected chi connectivity index (χ2v) is 6.93. The molecule has 22 heavy (non-hydrogen) atoms. The molecule has 2 aromatic carbocycles. The van der Waals surface area contributed by atoms with Crippen molar-refractivity contribution in [1.82, 2.24) is 0 Å². The third kappa shape index (κ3) is 2.08. The molecule has 3 atom stereocenters. The average Bonchev–Trinajstić information content (AvgIpc) is 2.97. The Balaban J connectivity index is 1.82. The van der Waals surface area contributed by atoms with Gasteiger partial charge in [0.15, 0.2) is 0 Å². The molecule has 4 rings (SSSR count). The monoisotopic (exact) mass is 289 g/mol. The van der Waals surface area contributed by atoms with E-state index in [1.165, 1.54) is 39.9 Å². The third-order valence-corrected chi connectivity index (χ3v) is 5.25. The van der Waals surface area contributed by atoms with Crippen LogP contribution in [0.5, 0.6) is 0 Å². The Morgan fingerprint density at radius 1 is 0.955 bits per heavy atom. The summed E-state index contributed by atoms with van der Waals surface area (Å²) in [4.78, 5) is 0. The maximum absolute atomic E-state index is 3.86. The molecule has 0 amide bonds. The molecule has 1 nitrogen and oxygen atoms in total. The maximum atomic E-state index is 3.86. The van der Waals surface area contributed by atoms with Crippen LogP contribution in [0.3, 0.4) is 0 Å². The van der Waals surface area contributed by atoms with Crippen LogP contribution in [0.4, 0.5) is 5.69 Å². The molecule has 2 aromatic rings. The summed E-state index contributed by atoms with van der Waals surface area (Å²) in [6.07, 6.45) is 5.96. The van der Waals surface area contributed by atoms with Crippen LogP contribution in [0.15, 0.2) is 48.6 Å². The van der Waals surface area contributed by atoms with Crippen molar-refractivity contribution in [3.05, 3.63) is 76.4 Å². The first kappa shape index (κ1) is 13.6. The summed E-state index contributed by atoms with van der Waals surface area (Å²) >= 11 is 0. The third-order valence-electron chi connectivity index (χ3n) is 5.25. The van der Waals surface area contributed by atoms with Gasteiger partial charge in [-0.3, -0.25) is 0 Å². The lowest BCUT2D eigenvalue weighted by Gasteiger charge is -2.38. The van der Waals surface area contributed by atoms with Gasteiger partial charge in [-0.15, -0.1) is 0 Å². The van der Waals surface area contributed by atoms with E-state index < -0.39 is 0 Å². The van der Waals surface area contributed by atoms with Crippen LogP contribution < -0.4 is 5.32 Å². The van der Waals surface area contributed by atoms with Gasteiger partial charge >= 0.3 is 0 Å². The minimum Gasteiger partial charge on any atom is -0.377 e. The van der Waals surface area contributed by atoms with Crippen LogP contribution in [0, 0.1) is 26.7 Å². The average molecular weight is 289 g/mol. The molecular weight excluding hydrogens is 266 g/mol. The summed E-state index contributed by atoms with van der Waals surface area (Å²) < 4.78 is 0. The topological polar surface area (TPSA) is 12.0 Å². The Hall–Kier alpha value is -2.02. The first-order valence-electron chi connectivity index (χ1n) is 8.24. The fourth-order valence-electron chi connectivity index (χ4n) is 4.18. The van der Waals surface area contributed by atoms with Gasteiger partial charge in [-0.25, -0.2) is 0 Å². The molecule has 1 heterocycles. The molecule has 112 valence electrons. The van der Waals surface area contributed by atoms with Gasteiger partial charge in [0.2, 0.25) is 0 Å². The summed E-state index contributed by atoms with van der Waals surface area (Å²) in [5, 5.41) is 3.86. The van der Waals surface area contributed by atoms with E-state index in [1.807, 2.05) is 0 Å². The smallest absolute Gasteiger partial charge is 0.0554 e. The van der Waals surface area contributed by atoms with Gasteiger partial charge < -0.3 is 5.32 Å². The molecular formula is C21H23N. The highest BCUT2D eigenvalue weighted by Gasteiger charge is 2.38. The Morgan fingerprint density at radius 3 is 2.50 bits per heavy atom. The van der Waals surface area contributed by atoms with E-state index in [2.05, 4.69) is 74.6 Å². The van der Waals surface area contributed by atoms with Crippen molar-refractivity contribution < 1.29 is 0 Å². The van der Waals surface area contributed by atoms with Crippen molar-refractivity contribution in [2.45, 2.75) is 39.2 Å². The van der Waals surface area contributed by atoms with Gasteiger partial charge in [-0.1, -0.05) is 59.7 Å². The molecule has 1 aliphatic carbocycles. The SMILES string of the molecule is Cc1ccc(C2Nc3c(C)cc(C)cc3C3C=CCC32)cc1. The normalized spacial score (nSPS) is 25.5. The molecule has 0 radical (unpaired) electrons. The minimum absolute atomic E-state index is 0.412. The Labute approximate surface area is 133 Å². The van der Waals surface area contributed by atoms with Gasteiger partial charge in [-0.05, 0) is 49.8 Å². The zero-order valence-corrected chi connectivity index (χ0v) is 13.6. The molecule has 0 bridgehead atoms. The molecule has 3 unspecified atom stereocenters. The zero-order valence-electron chi connectivity index (χ0n) is 13.6. The van der Waals surface area contributed by atoms with Crippen molar-refractivity contribution in [2.75, 3.05) is 5.32 Å². The number of anilines is 1. The molecule has 2 aliphatic rings. The predicted molar refractivity (Wildman–Crippen MR) is 93.4 cm³/mol. The molecule has 1 aliphatic heterocycles. The van der Waals surface area contributed by atoms with Gasteiger partial charge in [0.05, 0.1) is 6.04 Å². The lowest BCUT2D eigenvalue weighted by molar-refractivity contribution is 0.425. The van der Waals surface area contributed by atoms with Crippen molar-refractivity contribution in [3.8, 4) is 0 Å². The number of hydrogen-bond donors (Lipinski definition) is 1. The van der Waals surface area contributed by atoms with E-state index in [9.17, 15) is 0 Å². The summed E-state index contributed by atoms with van der Waals surface area (Å²) in [7, 11) is 0. The van der Waals surface area contributed by atoms with Gasteiger partial charge in [0, 0.05) is 11.6 Å². The number of aryl methyl sites for hydroxylation is 3. The molecule has 0 saturated heterocycles. The van der Waals surface area contributed by atoms with E-state index in [-0.39, 0.29) is 0 Å². The second-order valence-electron chi connectivity index (χ2n) is 6.93. The Bertz CT molecular complexity index is 739. The Morgan fingerprint density at radius 2 is 1.73 bits per heavy atom. The van der Waals surface area contributed by atoms with Gasteiger partial charge in [0.25, 0.3) is 0 Å². The van der Waals surface area contributed by atoms with Crippen LogP contribution >= 0.6 is 0 Å². The van der Waals surface area contributed by atoms with Crippen LogP contribution in [-0.2, 0) is 0 Å². The van der Waals surface area contributed by atoms with Gasteiger partial charge in [0.1, 0.15) is 0 Å². The van der Waals surface area contributed by atoms with Crippen LogP contribution in [0.1, 0.15) is 46.2 Å². The number of hydrogen-bond acceptors (Lipinski definition) is 1. The van der Waals surface area contributed by atoms with Crippen LogP contribution in [-0.4, -0.2) is 0 Å². The molecule has 1 N–H and O–H groups in total.